The van der Waals surface area contributed by atoms with Crippen LogP contribution >= 0.6 is 0 Å². The summed E-state index contributed by atoms with van der Waals surface area (Å²) in [4.78, 5) is 23.0. The van der Waals surface area contributed by atoms with Gasteiger partial charge in [0.15, 0.2) is 0 Å². The molecule has 0 aliphatic heterocycles. The van der Waals surface area contributed by atoms with E-state index >= 15 is 0 Å². The summed E-state index contributed by atoms with van der Waals surface area (Å²) in [6.45, 7) is 0. The number of benzene rings is 2. The molecule has 2 aromatic carbocycles. The fourth-order valence-electron chi connectivity index (χ4n) is 1.92. The molecule has 96 valence electrons. The van der Waals surface area contributed by atoms with Gasteiger partial charge in [0.05, 0.1) is 0 Å². The Hall–Kier alpha value is -2.82. The second-order valence-electron chi connectivity index (χ2n) is 4.08. The van der Waals surface area contributed by atoms with E-state index in [-0.39, 0.29) is 11.1 Å². The summed E-state index contributed by atoms with van der Waals surface area (Å²) in [5, 5.41) is 0. The van der Waals surface area contributed by atoms with Crippen LogP contribution in [0.25, 0.3) is 11.1 Å². The zero-order valence-corrected chi connectivity index (χ0v) is 10.1. The molecule has 0 aromatic heterocycles. The van der Waals surface area contributed by atoms with Crippen molar-refractivity contribution >= 4 is 17.5 Å². The minimum absolute atomic E-state index is 0.251. The van der Waals surface area contributed by atoms with Crippen LogP contribution in [0.3, 0.4) is 0 Å². The van der Waals surface area contributed by atoms with Crippen LogP contribution in [0.5, 0.6) is 0 Å². The lowest BCUT2D eigenvalue weighted by Crippen LogP contribution is -2.18. The quantitative estimate of drug-likeness (QED) is 0.714. The van der Waals surface area contributed by atoms with E-state index in [1.54, 1.807) is 42.5 Å². The highest BCUT2D eigenvalue weighted by Crippen LogP contribution is 2.28. The van der Waals surface area contributed by atoms with E-state index in [4.69, 9.17) is 17.2 Å². The maximum atomic E-state index is 11.5. The van der Waals surface area contributed by atoms with Crippen LogP contribution in [0, 0.1) is 0 Å². The van der Waals surface area contributed by atoms with Gasteiger partial charge in [-0.2, -0.15) is 0 Å². The average Bonchev–Trinajstić information content (AvgIpc) is 2.38. The van der Waals surface area contributed by atoms with Gasteiger partial charge in [0.25, 0.3) is 0 Å². The van der Waals surface area contributed by atoms with E-state index in [1.165, 1.54) is 0 Å². The highest BCUT2D eigenvalue weighted by Gasteiger charge is 2.17. The topological polar surface area (TPSA) is 112 Å². The number of hydrogen-bond donors (Lipinski definition) is 3. The molecule has 0 aliphatic carbocycles. The summed E-state index contributed by atoms with van der Waals surface area (Å²) in [5.41, 5.74) is 18.5. The molecule has 5 heteroatoms. The Kier molecular flexibility index (Phi) is 3.20. The van der Waals surface area contributed by atoms with Gasteiger partial charge in [-0.3, -0.25) is 9.59 Å². The predicted molar refractivity (Wildman–Crippen MR) is 73.3 cm³/mol. The van der Waals surface area contributed by atoms with Crippen molar-refractivity contribution in [2.24, 2.45) is 11.5 Å². The van der Waals surface area contributed by atoms with Gasteiger partial charge < -0.3 is 17.2 Å². The van der Waals surface area contributed by atoms with Crippen molar-refractivity contribution < 1.29 is 9.59 Å². The molecule has 0 aliphatic rings. The van der Waals surface area contributed by atoms with Crippen molar-refractivity contribution in [3.05, 3.63) is 53.6 Å². The highest BCUT2D eigenvalue weighted by atomic mass is 16.1. The number of carbonyl (C=O) groups is 2. The predicted octanol–water partition coefficient (Wildman–Crippen LogP) is 1.13. The van der Waals surface area contributed by atoms with Crippen molar-refractivity contribution in [2.45, 2.75) is 0 Å². The summed E-state index contributed by atoms with van der Waals surface area (Å²) in [6.07, 6.45) is 0. The summed E-state index contributed by atoms with van der Waals surface area (Å²) < 4.78 is 0. The second kappa shape index (κ2) is 4.81. The third kappa shape index (κ3) is 2.40. The molecular formula is C14H13N3O2. The molecule has 6 N–H and O–H groups in total. The van der Waals surface area contributed by atoms with Crippen LogP contribution < -0.4 is 17.2 Å². The van der Waals surface area contributed by atoms with Gasteiger partial charge in [0, 0.05) is 22.4 Å². The van der Waals surface area contributed by atoms with E-state index in [0.717, 1.165) is 0 Å². The first-order valence-corrected chi connectivity index (χ1v) is 5.59. The summed E-state index contributed by atoms with van der Waals surface area (Å²) in [6, 6.07) is 11.5. The molecule has 0 radical (unpaired) electrons. The number of amides is 2. The summed E-state index contributed by atoms with van der Waals surface area (Å²) in [7, 11) is 0. The molecule has 0 spiro atoms. The van der Waals surface area contributed by atoms with Gasteiger partial charge in [0.1, 0.15) is 0 Å². The van der Waals surface area contributed by atoms with E-state index in [9.17, 15) is 9.59 Å². The molecule has 5 nitrogen and oxygen atoms in total. The molecule has 0 fully saturated rings. The SMILES string of the molecule is NC(=O)c1cccc(C(N)=O)c1-c1ccc(N)cc1. The molecule has 0 heterocycles. The lowest BCUT2D eigenvalue weighted by Gasteiger charge is -2.11. The number of hydrogen-bond acceptors (Lipinski definition) is 3. The molecule has 0 atom stereocenters. The lowest BCUT2D eigenvalue weighted by atomic mass is 9.93. The fraction of sp³-hybridized carbons (Fsp3) is 0. The highest BCUT2D eigenvalue weighted by molar-refractivity contribution is 6.08. The first kappa shape index (κ1) is 12.6. The molecule has 0 saturated heterocycles. The maximum absolute atomic E-state index is 11.5. The number of carbonyl (C=O) groups excluding carboxylic acids is 2. The zero-order valence-electron chi connectivity index (χ0n) is 10.1. The molecule has 0 saturated carbocycles. The molecule has 0 unspecified atom stereocenters. The van der Waals surface area contributed by atoms with Gasteiger partial charge in [-0.1, -0.05) is 18.2 Å². The van der Waals surface area contributed by atoms with E-state index in [1.807, 2.05) is 0 Å². The van der Waals surface area contributed by atoms with Crippen LogP contribution in [0.4, 0.5) is 5.69 Å². The van der Waals surface area contributed by atoms with Crippen LogP contribution in [0.1, 0.15) is 20.7 Å². The Bertz CT molecular complexity index is 616. The molecule has 0 bridgehead atoms. The monoisotopic (exact) mass is 255 g/mol. The van der Waals surface area contributed by atoms with E-state index in [2.05, 4.69) is 0 Å². The van der Waals surface area contributed by atoms with Crippen molar-refractivity contribution in [3.8, 4) is 11.1 Å². The Balaban J connectivity index is 2.74. The Morgan fingerprint density at radius 3 is 1.68 bits per heavy atom. The number of nitrogen functional groups attached to an aromatic ring is 1. The largest absolute Gasteiger partial charge is 0.399 e. The number of rotatable bonds is 3. The normalized spacial score (nSPS) is 10.1. The Labute approximate surface area is 110 Å². The fourth-order valence-corrected chi connectivity index (χ4v) is 1.92. The van der Waals surface area contributed by atoms with Crippen molar-refractivity contribution in [1.82, 2.24) is 0 Å². The van der Waals surface area contributed by atoms with Gasteiger partial charge >= 0.3 is 0 Å². The van der Waals surface area contributed by atoms with Crippen molar-refractivity contribution in [2.75, 3.05) is 5.73 Å². The van der Waals surface area contributed by atoms with Crippen LogP contribution in [-0.2, 0) is 0 Å². The molecular weight excluding hydrogens is 242 g/mol. The molecule has 2 rings (SSSR count). The summed E-state index contributed by atoms with van der Waals surface area (Å²) >= 11 is 0. The van der Waals surface area contributed by atoms with E-state index < -0.39 is 11.8 Å². The minimum atomic E-state index is -0.616. The molecule has 2 amide bonds. The Morgan fingerprint density at radius 2 is 1.26 bits per heavy atom. The zero-order chi connectivity index (χ0) is 14.0. The number of nitrogens with two attached hydrogens (primary N) is 3. The second-order valence-corrected chi connectivity index (χ2v) is 4.08. The van der Waals surface area contributed by atoms with Gasteiger partial charge in [0.2, 0.25) is 11.8 Å². The first-order chi connectivity index (χ1) is 9.00. The average molecular weight is 255 g/mol. The first-order valence-electron chi connectivity index (χ1n) is 5.59. The number of anilines is 1. The maximum Gasteiger partial charge on any atom is 0.249 e. The van der Waals surface area contributed by atoms with Crippen LogP contribution in [-0.4, -0.2) is 11.8 Å². The molecule has 2 aromatic rings. The number of primary amides is 2. The van der Waals surface area contributed by atoms with Crippen LogP contribution in [0.2, 0.25) is 0 Å². The van der Waals surface area contributed by atoms with Crippen molar-refractivity contribution in [3.63, 3.8) is 0 Å². The van der Waals surface area contributed by atoms with Gasteiger partial charge in [-0.05, 0) is 29.8 Å². The standard InChI is InChI=1S/C14H13N3O2/c15-9-6-4-8(5-7-9)12-10(13(16)18)2-1-3-11(12)14(17)19/h1-7H,15H2,(H2,16,18)(H2,17,19). The van der Waals surface area contributed by atoms with Gasteiger partial charge in [-0.15, -0.1) is 0 Å². The third-order valence-corrected chi connectivity index (χ3v) is 2.79. The third-order valence-electron chi connectivity index (χ3n) is 2.79. The molecule has 19 heavy (non-hydrogen) atoms. The van der Waals surface area contributed by atoms with Crippen LogP contribution in [0.15, 0.2) is 42.5 Å². The minimum Gasteiger partial charge on any atom is -0.399 e. The van der Waals surface area contributed by atoms with E-state index in [0.29, 0.717) is 16.8 Å². The summed E-state index contributed by atoms with van der Waals surface area (Å²) in [5.74, 6) is -1.23. The Morgan fingerprint density at radius 1 is 0.789 bits per heavy atom. The van der Waals surface area contributed by atoms with Gasteiger partial charge in [-0.25, -0.2) is 0 Å². The smallest absolute Gasteiger partial charge is 0.249 e. The van der Waals surface area contributed by atoms with Crippen molar-refractivity contribution in [1.29, 1.82) is 0 Å². The lowest BCUT2D eigenvalue weighted by molar-refractivity contribution is 0.0999.